The normalized spacial score (nSPS) is 13.6. The highest BCUT2D eigenvalue weighted by Crippen LogP contribution is 2.31. The number of hydrogen-bond donors (Lipinski definition) is 0. The van der Waals surface area contributed by atoms with Crippen LogP contribution in [0.3, 0.4) is 0 Å². The van der Waals surface area contributed by atoms with Gasteiger partial charge in [0, 0.05) is 11.8 Å². The quantitative estimate of drug-likeness (QED) is 0.623. The predicted molar refractivity (Wildman–Crippen MR) is 91.8 cm³/mol. The molecule has 0 unspecified atom stereocenters. The van der Waals surface area contributed by atoms with Gasteiger partial charge in [0.1, 0.15) is 0 Å². The Labute approximate surface area is 131 Å². The molecule has 0 radical (unpaired) electrons. The molecular weight excluding hydrogens is 266 g/mol. The number of hydrogen-bond acceptors (Lipinski definition) is 1. The van der Waals surface area contributed by atoms with E-state index in [4.69, 9.17) is 4.98 Å². The first-order valence-corrected chi connectivity index (χ1v) is 8.04. The van der Waals surface area contributed by atoms with Crippen molar-refractivity contribution in [3.05, 3.63) is 78.0 Å². The largest absolute Gasteiger partial charge is 0.256 e. The molecule has 1 aliphatic rings. The van der Waals surface area contributed by atoms with Crippen LogP contribution in [0.5, 0.6) is 0 Å². The summed E-state index contributed by atoms with van der Waals surface area (Å²) in [6, 6.07) is 21.5. The molecule has 0 atom stereocenters. The summed E-state index contributed by atoms with van der Waals surface area (Å²) in [5.74, 6) is 0. The van der Waals surface area contributed by atoms with Gasteiger partial charge >= 0.3 is 0 Å². The molecule has 1 heteroatoms. The van der Waals surface area contributed by atoms with Gasteiger partial charge in [-0.3, -0.25) is 4.98 Å². The fourth-order valence-electron chi connectivity index (χ4n) is 3.39. The number of pyridine rings is 1. The average Bonchev–Trinajstić information content (AvgIpc) is 2.62. The second kappa shape index (κ2) is 5.76. The van der Waals surface area contributed by atoms with Gasteiger partial charge in [-0.05, 0) is 60.1 Å². The van der Waals surface area contributed by atoms with Gasteiger partial charge < -0.3 is 0 Å². The zero-order chi connectivity index (χ0) is 14.8. The van der Waals surface area contributed by atoms with E-state index in [0.29, 0.717) is 0 Å². The maximum atomic E-state index is 4.70. The second-order valence-corrected chi connectivity index (χ2v) is 5.95. The number of rotatable bonds is 2. The Morgan fingerprint density at radius 3 is 2.36 bits per heavy atom. The van der Waals surface area contributed by atoms with Crippen molar-refractivity contribution >= 4 is 0 Å². The van der Waals surface area contributed by atoms with Gasteiger partial charge in [-0.15, -0.1) is 0 Å². The summed E-state index contributed by atoms with van der Waals surface area (Å²) in [7, 11) is 0. The Hall–Kier alpha value is -2.41. The van der Waals surface area contributed by atoms with Crippen LogP contribution in [0.2, 0.25) is 0 Å². The Morgan fingerprint density at radius 1 is 0.682 bits per heavy atom. The van der Waals surface area contributed by atoms with Crippen molar-refractivity contribution in [2.24, 2.45) is 0 Å². The van der Waals surface area contributed by atoms with Crippen LogP contribution in [0.25, 0.3) is 22.4 Å². The first-order chi connectivity index (χ1) is 10.9. The maximum Gasteiger partial charge on any atom is 0.0736 e. The first-order valence-electron chi connectivity index (χ1n) is 8.04. The van der Waals surface area contributed by atoms with Crippen LogP contribution in [0.1, 0.15) is 24.0 Å². The third-order valence-electron chi connectivity index (χ3n) is 4.52. The number of aryl methyl sites for hydroxylation is 1. The van der Waals surface area contributed by atoms with Crippen molar-refractivity contribution in [3.63, 3.8) is 0 Å². The third kappa shape index (κ3) is 2.43. The number of nitrogens with zero attached hydrogens (tertiary/aromatic N) is 1. The molecule has 0 aliphatic heterocycles. The third-order valence-corrected chi connectivity index (χ3v) is 4.52. The topological polar surface area (TPSA) is 12.9 Å². The van der Waals surface area contributed by atoms with Gasteiger partial charge in [-0.2, -0.15) is 0 Å². The van der Waals surface area contributed by atoms with Crippen LogP contribution in [0.4, 0.5) is 0 Å². The predicted octanol–water partition coefficient (Wildman–Crippen LogP) is 5.29. The molecule has 0 spiro atoms. The minimum absolute atomic E-state index is 1.16. The van der Waals surface area contributed by atoms with Crippen LogP contribution in [-0.2, 0) is 12.8 Å². The molecule has 108 valence electrons. The SMILES string of the molecule is c1ccc(-c2cccc(-c3nccc4c3CCCC4)c2)cc1. The van der Waals surface area contributed by atoms with Crippen molar-refractivity contribution < 1.29 is 0 Å². The van der Waals surface area contributed by atoms with Crippen molar-refractivity contribution in [2.75, 3.05) is 0 Å². The fraction of sp³-hybridized carbons (Fsp3) is 0.190. The van der Waals surface area contributed by atoms with E-state index in [1.54, 1.807) is 0 Å². The van der Waals surface area contributed by atoms with Crippen LogP contribution in [-0.4, -0.2) is 4.98 Å². The highest BCUT2D eigenvalue weighted by atomic mass is 14.7. The summed E-state index contributed by atoms with van der Waals surface area (Å²) in [4.78, 5) is 4.70. The lowest BCUT2D eigenvalue weighted by Crippen LogP contribution is -2.05. The lowest BCUT2D eigenvalue weighted by Gasteiger charge is -2.18. The zero-order valence-corrected chi connectivity index (χ0v) is 12.6. The van der Waals surface area contributed by atoms with Gasteiger partial charge in [-0.25, -0.2) is 0 Å². The minimum atomic E-state index is 1.16. The summed E-state index contributed by atoms with van der Waals surface area (Å²) < 4.78 is 0. The zero-order valence-electron chi connectivity index (χ0n) is 12.6. The number of fused-ring (bicyclic) bond motifs is 1. The Morgan fingerprint density at radius 2 is 1.45 bits per heavy atom. The monoisotopic (exact) mass is 285 g/mol. The molecule has 0 N–H and O–H groups in total. The van der Waals surface area contributed by atoms with Gasteiger partial charge in [0.25, 0.3) is 0 Å². The van der Waals surface area contributed by atoms with Gasteiger partial charge in [0.15, 0.2) is 0 Å². The van der Waals surface area contributed by atoms with Crippen LogP contribution >= 0.6 is 0 Å². The summed E-state index contributed by atoms with van der Waals surface area (Å²) in [6.45, 7) is 0. The molecule has 0 saturated heterocycles. The highest BCUT2D eigenvalue weighted by Gasteiger charge is 2.15. The lowest BCUT2D eigenvalue weighted by molar-refractivity contribution is 0.684. The molecule has 1 heterocycles. The lowest BCUT2D eigenvalue weighted by atomic mass is 9.88. The Balaban J connectivity index is 1.81. The maximum absolute atomic E-state index is 4.70. The molecule has 2 aromatic carbocycles. The molecule has 0 saturated carbocycles. The fourth-order valence-corrected chi connectivity index (χ4v) is 3.39. The molecule has 0 fully saturated rings. The molecule has 22 heavy (non-hydrogen) atoms. The van der Waals surface area contributed by atoms with Crippen molar-refractivity contribution in [1.82, 2.24) is 4.98 Å². The first kappa shape index (κ1) is 13.3. The number of aromatic nitrogens is 1. The van der Waals surface area contributed by atoms with E-state index < -0.39 is 0 Å². The van der Waals surface area contributed by atoms with Crippen molar-refractivity contribution in [1.29, 1.82) is 0 Å². The van der Waals surface area contributed by atoms with Crippen molar-refractivity contribution in [2.45, 2.75) is 25.7 Å². The van der Waals surface area contributed by atoms with Crippen LogP contribution in [0, 0.1) is 0 Å². The summed E-state index contributed by atoms with van der Waals surface area (Å²) in [6.07, 6.45) is 6.91. The molecule has 0 amide bonds. The van der Waals surface area contributed by atoms with E-state index in [1.165, 1.54) is 52.8 Å². The molecule has 3 aromatic rings. The standard InChI is InChI=1S/C21H19N/c1-2-7-16(8-3-1)18-10-6-11-19(15-18)21-20-12-5-4-9-17(20)13-14-22-21/h1-3,6-8,10-11,13-15H,4-5,9,12H2. The van der Waals surface area contributed by atoms with Gasteiger partial charge in [0.2, 0.25) is 0 Å². The van der Waals surface area contributed by atoms with E-state index in [0.717, 1.165) is 6.42 Å². The van der Waals surface area contributed by atoms with E-state index in [9.17, 15) is 0 Å². The summed E-state index contributed by atoms with van der Waals surface area (Å²) >= 11 is 0. The van der Waals surface area contributed by atoms with Gasteiger partial charge in [0.05, 0.1) is 5.69 Å². The Bertz CT molecular complexity index is 790. The summed E-state index contributed by atoms with van der Waals surface area (Å²) in [5.41, 5.74) is 7.87. The molecule has 0 bridgehead atoms. The molecule has 1 aromatic heterocycles. The highest BCUT2D eigenvalue weighted by molar-refractivity contribution is 5.73. The molecule has 1 nitrogen and oxygen atoms in total. The van der Waals surface area contributed by atoms with E-state index in [-0.39, 0.29) is 0 Å². The summed E-state index contributed by atoms with van der Waals surface area (Å²) in [5, 5.41) is 0. The van der Waals surface area contributed by atoms with E-state index in [2.05, 4.69) is 60.7 Å². The van der Waals surface area contributed by atoms with Crippen LogP contribution < -0.4 is 0 Å². The second-order valence-electron chi connectivity index (χ2n) is 5.95. The smallest absolute Gasteiger partial charge is 0.0736 e. The Kier molecular flexibility index (Phi) is 3.48. The van der Waals surface area contributed by atoms with Gasteiger partial charge in [-0.1, -0.05) is 48.5 Å². The molecular formula is C21H19N. The molecule has 4 rings (SSSR count). The van der Waals surface area contributed by atoms with Crippen molar-refractivity contribution in [3.8, 4) is 22.4 Å². The average molecular weight is 285 g/mol. The van der Waals surface area contributed by atoms with E-state index >= 15 is 0 Å². The van der Waals surface area contributed by atoms with Crippen LogP contribution in [0.15, 0.2) is 66.9 Å². The van der Waals surface area contributed by atoms with E-state index in [1.807, 2.05) is 6.20 Å². The number of benzene rings is 2. The minimum Gasteiger partial charge on any atom is -0.256 e. The molecule has 1 aliphatic carbocycles.